The van der Waals surface area contributed by atoms with Crippen LogP contribution in [0.15, 0.2) is 28.9 Å². The Morgan fingerprint density at radius 1 is 1.15 bits per heavy atom. The molecule has 0 spiro atoms. The van der Waals surface area contributed by atoms with Gasteiger partial charge in [0.15, 0.2) is 0 Å². The number of hydrogen-bond acceptors (Lipinski definition) is 4. The van der Waals surface area contributed by atoms with Gasteiger partial charge in [-0.25, -0.2) is 9.59 Å². The van der Waals surface area contributed by atoms with Crippen LogP contribution in [-0.4, -0.2) is 58.5 Å². The number of piperazine rings is 1. The van der Waals surface area contributed by atoms with E-state index >= 15 is 0 Å². The van der Waals surface area contributed by atoms with Crippen molar-refractivity contribution >= 4 is 44.7 Å². The first kappa shape index (κ1) is 18.6. The zero-order chi connectivity index (χ0) is 19.1. The van der Waals surface area contributed by atoms with Crippen LogP contribution >= 0.6 is 15.9 Å². The first-order valence-electron chi connectivity index (χ1n) is 8.42. The summed E-state index contributed by atoms with van der Waals surface area (Å²) in [5, 5.41) is 10.3. The largest absolute Gasteiger partial charge is 0.464 e. The number of anilines is 1. The highest BCUT2D eigenvalue weighted by molar-refractivity contribution is 9.10. The summed E-state index contributed by atoms with van der Waals surface area (Å²) in [4.78, 5) is 27.6. The van der Waals surface area contributed by atoms with Gasteiger partial charge in [-0.1, -0.05) is 15.9 Å². The number of benzene rings is 1. The van der Waals surface area contributed by atoms with Crippen molar-refractivity contribution in [3.8, 4) is 0 Å². The van der Waals surface area contributed by atoms with Gasteiger partial charge in [0.05, 0.1) is 11.2 Å². The van der Waals surface area contributed by atoms with Crippen LogP contribution in [0.3, 0.4) is 0 Å². The zero-order valence-electron chi connectivity index (χ0n) is 15.0. The minimum Gasteiger partial charge on any atom is -0.464 e. The number of nitrogens with zero attached hydrogens (tertiary/aromatic N) is 3. The molecule has 7 nitrogen and oxygen atoms in total. The van der Waals surface area contributed by atoms with E-state index in [1.54, 1.807) is 17.2 Å². The van der Waals surface area contributed by atoms with Gasteiger partial charge in [0.2, 0.25) is 0 Å². The fourth-order valence-electron chi connectivity index (χ4n) is 3.05. The smallest absolute Gasteiger partial charge is 0.416 e. The predicted molar refractivity (Wildman–Crippen MR) is 103 cm³/mol. The Hall–Kier alpha value is -2.22. The monoisotopic (exact) mass is 423 g/mol. The number of aromatic nitrogens is 1. The van der Waals surface area contributed by atoms with Crippen molar-refractivity contribution in [2.75, 3.05) is 31.1 Å². The van der Waals surface area contributed by atoms with Crippen molar-refractivity contribution in [1.82, 2.24) is 9.47 Å². The summed E-state index contributed by atoms with van der Waals surface area (Å²) >= 11 is 3.39. The average molecular weight is 424 g/mol. The Kier molecular flexibility index (Phi) is 4.88. The van der Waals surface area contributed by atoms with Gasteiger partial charge in [-0.05, 0) is 39.0 Å². The van der Waals surface area contributed by atoms with E-state index in [-0.39, 0.29) is 6.09 Å². The summed E-state index contributed by atoms with van der Waals surface area (Å²) in [5.41, 5.74) is 0.978. The normalized spacial score (nSPS) is 15.4. The van der Waals surface area contributed by atoms with Crippen LogP contribution in [0.1, 0.15) is 20.8 Å². The molecular formula is C18H22BrN3O4. The lowest BCUT2D eigenvalue weighted by Crippen LogP contribution is -2.50. The Morgan fingerprint density at radius 2 is 1.81 bits per heavy atom. The number of fused-ring (bicyclic) bond motifs is 1. The van der Waals surface area contributed by atoms with Crippen molar-refractivity contribution in [2.45, 2.75) is 26.4 Å². The second-order valence-corrected chi connectivity index (χ2v) is 8.20. The molecule has 1 N–H and O–H groups in total. The number of hydrogen-bond donors (Lipinski definition) is 1. The molecule has 2 aromatic rings. The molecule has 0 radical (unpaired) electrons. The van der Waals surface area contributed by atoms with Crippen LogP contribution in [0, 0.1) is 0 Å². The van der Waals surface area contributed by atoms with Crippen LogP contribution in [0.25, 0.3) is 10.9 Å². The lowest BCUT2D eigenvalue weighted by Gasteiger charge is -2.36. The number of carbonyl (C=O) groups is 2. The summed E-state index contributed by atoms with van der Waals surface area (Å²) in [7, 11) is 0. The molecule has 1 aromatic heterocycles. The molecule has 1 saturated heterocycles. The number of carboxylic acid groups (broad SMARTS) is 1. The topological polar surface area (TPSA) is 75.0 Å². The van der Waals surface area contributed by atoms with Gasteiger partial charge in [-0.15, -0.1) is 0 Å². The average Bonchev–Trinajstić information content (AvgIpc) is 2.92. The third kappa shape index (κ3) is 3.80. The fraction of sp³-hybridized carbons (Fsp3) is 0.444. The number of amides is 1. The van der Waals surface area contributed by atoms with Gasteiger partial charge in [0.1, 0.15) is 5.60 Å². The zero-order valence-corrected chi connectivity index (χ0v) is 16.6. The van der Waals surface area contributed by atoms with Gasteiger partial charge in [-0.2, -0.15) is 0 Å². The summed E-state index contributed by atoms with van der Waals surface area (Å²) in [6.07, 6.45) is 0.309. The highest BCUT2D eigenvalue weighted by Crippen LogP contribution is 2.32. The third-order valence-corrected chi connectivity index (χ3v) is 4.72. The summed E-state index contributed by atoms with van der Waals surface area (Å²) < 4.78 is 7.48. The molecule has 0 atom stereocenters. The molecule has 140 valence electrons. The third-order valence-electron chi connectivity index (χ3n) is 4.22. The predicted octanol–water partition coefficient (Wildman–Crippen LogP) is 3.99. The van der Waals surface area contributed by atoms with Crippen LogP contribution in [-0.2, 0) is 4.74 Å². The molecule has 0 unspecified atom stereocenters. The van der Waals surface area contributed by atoms with Crippen molar-refractivity contribution in [3.05, 3.63) is 28.9 Å². The molecular weight excluding hydrogens is 402 g/mol. The Morgan fingerprint density at radius 3 is 2.38 bits per heavy atom. The maximum absolute atomic E-state index is 12.2. The molecule has 0 aliphatic carbocycles. The van der Waals surface area contributed by atoms with Crippen LogP contribution in [0.4, 0.5) is 15.3 Å². The number of rotatable bonds is 1. The van der Waals surface area contributed by atoms with Crippen LogP contribution in [0.5, 0.6) is 0 Å². The molecule has 1 fully saturated rings. The van der Waals surface area contributed by atoms with Crippen LogP contribution in [0.2, 0.25) is 0 Å². The number of carbonyl (C=O) groups excluding carboxylic acids is 1. The van der Waals surface area contributed by atoms with E-state index in [4.69, 9.17) is 4.74 Å². The molecule has 8 heteroatoms. The van der Waals surface area contributed by atoms with E-state index in [1.807, 2.05) is 32.9 Å². The number of ether oxygens (including phenoxy) is 1. The van der Waals surface area contributed by atoms with Gasteiger partial charge in [0, 0.05) is 42.2 Å². The van der Waals surface area contributed by atoms with Crippen LogP contribution < -0.4 is 4.90 Å². The maximum Gasteiger partial charge on any atom is 0.416 e. The number of halogens is 1. The quantitative estimate of drug-likeness (QED) is 0.750. The van der Waals surface area contributed by atoms with Gasteiger partial charge >= 0.3 is 12.2 Å². The highest BCUT2D eigenvalue weighted by atomic mass is 79.9. The Bertz CT molecular complexity index is 848. The molecule has 0 saturated carbocycles. The minimum absolute atomic E-state index is 0.311. The van der Waals surface area contributed by atoms with E-state index in [9.17, 15) is 14.7 Å². The summed E-state index contributed by atoms with van der Waals surface area (Å²) in [6.45, 7) is 7.85. The van der Waals surface area contributed by atoms with Gasteiger partial charge < -0.3 is 19.6 Å². The van der Waals surface area contributed by atoms with E-state index in [2.05, 4.69) is 20.8 Å². The summed E-state index contributed by atoms with van der Waals surface area (Å²) in [6, 6.07) is 5.60. The fourth-order valence-corrected chi connectivity index (χ4v) is 3.40. The molecule has 1 aliphatic rings. The molecule has 3 rings (SSSR count). The van der Waals surface area contributed by atoms with E-state index in [0.29, 0.717) is 31.7 Å². The molecule has 26 heavy (non-hydrogen) atoms. The molecule has 1 amide bonds. The first-order valence-corrected chi connectivity index (χ1v) is 9.22. The summed E-state index contributed by atoms with van der Waals surface area (Å²) in [5.74, 6) is 0. The lowest BCUT2D eigenvalue weighted by atomic mass is 10.2. The lowest BCUT2D eigenvalue weighted by molar-refractivity contribution is 0.0240. The molecule has 1 aromatic carbocycles. The van der Waals surface area contributed by atoms with Gasteiger partial charge in [0.25, 0.3) is 0 Å². The van der Waals surface area contributed by atoms with Crippen molar-refractivity contribution in [1.29, 1.82) is 0 Å². The van der Waals surface area contributed by atoms with Crippen molar-refractivity contribution in [2.24, 2.45) is 0 Å². The minimum atomic E-state index is -1.02. The maximum atomic E-state index is 12.2. The molecule has 1 aliphatic heterocycles. The molecule has 2 heterocycles. The van der Waals surface area contributed by atoms with E-state index < -0.39 is 11.7 Å². The second kappa shape index (κ2) is 6.83. The first-order chi connectivity index (χ1) is 12.2. The van der Waals surface area contributed by atoms with E-state index in [0.717, 1.165) is 15.5 Å². The standard InChI is InChI=1S/C18H22BrN3O4/c1-18(2,3)26-17(25)21-8-6-20(7-9-21)15-11-22(16(23)24)14-10-12(19)4-5-13(14)15/h4-5,10-11H,6-9H2,1-3H3,(H,23,24). The SMILES string of the molecule is CC(C)(C)OC(=O)N1CCN(c2cn(C(=O)O)c3cc(Br)ccc23)CC1. The van der Waals surface area contributed by atoms with Crippen molar-refractivity contribution in [3.63, 3.8) is 0 Å². The Labute approximate surface area is 160 Å². The molecule has 0 bridgehead atoms. The van der Waals surface area contributed by atoms with Crippen molar-refractivity contribution < 1.29 is 19.4 Å². The van der Waals surface area contributed by atoms with Gasteiger partial charge in [-0.3, -0.25) is 4.57 Å². The van der Waals surface area contributed by atoms with E-state index in [1.165, 1.54) is 4.57 Å². The Balaban J connectivity index is 1.80. The second-order valence-electron chi connectivity index (χ2n) is 7.28. The highest BCUT2D eigenvalue weighted by Gasteiger charge is 2.27.